The summed E-state index contributed by atoms with van der Waals surface area (Å²) < 4.78 is 15.2. The maximum absolute atomic E-state index is 6.46. The van der Waals surface area contributed by atoms with Crippen molar-refractivity contribution in [2.45, 2.75) is 59.3 Å². The van der Waals surface area contributed by atoms with Crippen LogP contribution >= 0.6 is 11.3 Å². The first-order chi connectivity index (χ1) is 33.9. The summed E-state index contributed by atoms with van der Waals surface area (Å²) in [5, 5.41) is 2.62. The fourth-order valence-corrected chi connectivity index (χ4v) is 12.3. The van der Waals surface area contributed by atoms with Gasteiger partial charge in [0.25, 0.3) is 6.71 Å². The second-order valence-electron chi connectivity index (χ2n) is 21.4. The van der Waals surface area contributed by atoms with Gasteiger partial charge in [-0.25, -0.2) is 0 Å². The number of anilines is 6. The number of fused-ring (bicyclic) bond motifs is 9. The Morgan fingerprint density at radius 3 is 1.74 bits per heavy atom. The molecule has 0 aliphatic carbocycles. The van der Waals surface area contributed by atoms with Gasteiger partial charge in [0, 0.05) is 48.6 Å². The van der Waals surface area contributed by atoms with E-state index in [2.05, 4.69) is 240 Å². The van der Waals surface area contributed by atoms with Gasteiger partial charge in [0.1, 0.15) is 0 Å². The summed E-state index contributed by atoms with van der Waals surface area (Å²) >= 11 is 1.87. The molecule has 0 N–H and O–H groups in total. The van der Waals surface area contributed by atoms with Crippen LogP contribution in [0.15, 0.2) is 182 Å². The van der Waals surface area contributed by atoms with Crippen LogP contribution in [0.4, 0.5) is 34.1 Å². The number of para-hydroxylation sites is 1. The molecule has 10 aromatic rings. The third kappa shape index (κ3) is 6.87. The molecule has 4 heterocycles. The summed E-state index contributed by atoms with van der Waals surface area (Å²) in [7, 11) is 0. The molecule has 70 heavy (non-hydrogen) atoms. The molecule has 0 atom stereocenters. The smallest absolute Gasteiger partial charge is 0.252 e. The highest BCUT2D eigenvalue weighted by Crippen LogP contribution is 2.51. The molecule has 0 amide bonds. The Morgan fingerprint density at radius 2 is 1.06 bits per heavy atom. The maximum atomic E-state index is 6.46. The van der Waals surface area contributed by atoms with Crippen molar-refractivity contribution in [2.75, 3.05) is 16.6 Å². The van der Waals surface area contributed by atoms with Crippen LogP contribution in [-0.2, 0) is 10.8 Å². The third-order valence-electron chi connectivity index (χ3n) is 14.8. The topological polar surface area (TPSA) is 24.9 Å². The molecule has 0 saturated heterocycles. The van der Waals surface area contributed by atoms with Gasteiger partial charge < -0.3 is 19.3 Å². The highest BCUT2D eigenvalue weighted by molar-refractivity contribution is 7.25. The summed E-state index contributed by atoms with van der Waals surface area (Å²) in [5.74, 6) is 1.56. The van der Waals surface area contributed by atoms with E-state index in [1.807, 2.05) is 11.3 Å². The van der Waals surface area contributed by atoms with Gasteiger partial charge in [-0.05, 0) is 151 Å². The van der Waals surface area contributed by atoms with Crippen LogP contribution in [0.5, 0.6) is 11.5 Å². The van der Waals surface area contributed by atoms with Crippen LogP contribution in [0.1, 0.15) is 58.2 Å². The van der Waals surface area contributed by atoms with Crippen LogP contribution in [0.3, 0.4) is 0 Å². The Kier molecular flexibility index (Phi) is 9.57. The van der Waals surface area contributed by atoms with Crippen molar-refractivity contribution in [3.8, 4) is 44.9 Å². The molecular weight excluding hydrogens is 872 g/mol. The molecule has 0 spiro atoms. The first kappa shape index (κ1) is 42.6. The minimum atomic E-state index is -0.105. The predicted molar refractivity (Wildman–Crippen MR) is 298 cm³/mol. The standard InChI is InChI=1S/C64H53BN2O2S/c1-39-31-55-60-56(32-39)67(48-13-9-8-10-14-48)61-52(28-30-57-62(61)69-38-68-57)65(60)53-36-42(43-21-27-51-50-15-11-12-16-58(50)70-59(51)37-43)22-29-54(53)66(55)49-34-44(40-17-23-46(24-18-40)63(2,3)4)33-45(35-49)41-19-25-47(26-20-41)64(5,6)7/h8-37H,38H2,1-7H3. The highest BCUT2D eigenvalue weighted by atomic mass is 32.1. The minimum Gasteiger partial charge on any atom is -0.454 e. The van der Waals surface area contributed by atoms with E-state index in [1.165, 1.54) is 92.3 Å². The third-order valence-corrected chi connectivity index (χ3v) is 15.9. The van der Waals surface area contributed by atoms with Gasteiger partial charge in [-0.15, -0.1) is 11.3 Å². The molecule has 0 radical (unpaired) electrons. The minimum absolute atomic E-state index is 0.0482. The largest absolute Gasteiger partial charge is 0.454 e. The van der Waals surface area contributed by atoms with E-state index >= 15 is 0 Å². The maximum Gasteiger partial charge on any atom is 0.252 e. The first-order valence-electron chi connectivity index (χ1n) is 24.5. The molecule has 9 aromatic carbocycles. The Morgan fingerprint density at radius 1 is 0.457 bits per heavy atom. The van der Waals surface area contributed by atoms with E-state index < -0.39 is 0 Å². The summed E-state index contributed by atoms with van der Waals surface area (Å²) in [6.07, 6.45) is 0. The van der Waals surface area contributed by atoms with Gasteiger partial charge in [0.05, 0.1) is 5.69 Å². The predicted octanol–water partition coefficient (Wildman–Crippen LogP) is 15.8. The van der Waals surface area contributed by atoms with E-state index in [9.17, 15) is 0 Å². The van der Waals surface area contributed by atoms with E-state index in [1.54, 1.807) is 0 Å². The zero-order valence-corrected chi connectivity index (χ0v) is 41.5. The van der Waals surface area contributed by atoms with Crippen LogP contribution in [0, 0.1) is 6.92 Å². The number of thiophene rings is 1. The summed E-state index contributed by atoms with van der Waals surface area (Å²) in [4.78, 5) is 4.97. The number of hydrogen-bond acceptors (Lipinski definition) is 5. The Labute approximate surface area is 415 Å². The quantitative estimate of drug-likeness (QED) is 0.161. The second-order valence-corrected chi connectivity index (χ2v) is 22.5. The van der Waals surface area contributed by atoms with E-state index in [0.29, 0.717) is 0 Å². The van der Waals surface area contributed by atoms with E-state index in [0.717, 1.165) is 39.9 Å². The number of ether oxygens (including phenoxy) is 2. The Bertz CT molecular complexity index is 3660. The normalized spacial score (nSPS) is 13.7. The van der Waals surface area contributed by atoms with Crippen molar-refractivity contribution in [2.24, 2.45) is 0 Å². The molecule has 1 aromatic heterocycles. The van der Waals surface area contributed by atoms with Crippen LogP contribution in [0.25, 0.3) is 53.6 Å². The van der Waals surface area contributed by atoms with Crippen LogP contribution in [0.2, 0.25) is 0 Å². The van der Waals surface area contributed by atoms with Crippen molar-refractivity contribution in [3.63, 3.8) is 0 Å². The molecule has 0 saturated carbocycles. The summed E-state index contributed by atoms with van der Waals surface area (Å²) in [6, 6.07) is 68.5. The molecule has 0 unspecified atom stereocenters. The molecular formula is C64H53BN2O2S. The zero-order valence-electron chi connectivity index (χ0n) is 40.7. The molecule has 4 nitrogen and oxygen atoms in total. The van der Waals surface area contributed by atoms with Crippen molar-refractivity contribution in [1.82, 2.24) is 0 Å². The number of hydrogen-bond donors (Lipinski definition) is 0. The average molecular weight is 925 g/mol. The lowest BCUT2D eigenvalue weighted by Gasteiger charge is -2.44. The lowest BCUT2D eigenvalue weighted by molar-refractivity contribution is 0.174. The number of aryl methyl sites for hydroxylation is 1. The Balaban J connectivity index is 1.08. The lowest BCUT2D eigenvalue weighted by atomic mass is 9.33. The van der Waals surface area contributed by atoms with Gasteiger partial charge in [-0.3, -0.25) is 0 Å². The molecule has 0 fully saturated rings. The van der Waals surface area contributed by atoms with Gasteiger partial charge >= 0.3 is 0 Å². The second kappa shape index (κ2) is 15.7. The van der Waals surface area contributed by atoms with Crippen molar-refractivity contribution >= 4 is 88.7 Å². The fourth-order valence-electron chi connectivity index (χ4n) is 11.2. The average Bonchev–Trinajstić information content (AvgIpc) is 4.01. The number of rotatable bonds is 5. The van der Waals surface area contributed by atoms with Crippen molar-refractivity contribution in [1.29, 1.82) is 0 Å². The molecule has 13 rings (SSSR count). The van der Waals surface area contributed by atoms with Crippen molar-refractivity contribution in [3.05, 3.63) is 199 Å². The van der Waals surface area contributed by atoms with Gasteiger partial charge in [0.15, 0.2) is 11.5 Å². The summed E-state index contributed by atoms with van der Waals surface area (Å²) in [6.45, 7) is 16.0. The van der Waals surface area contributed by atoms with Crippen LogP contribution < -0.4 is 35.7 Å². The summed E-state index contributed by atoms with van der Waals surface area (Å²) in [5.41, 5.74) is 21.4. The Hall–Kier alpha value is -7.54. The monoisotopic (exact) mass is 924 g/mol. The van der Waals surface area contributed by atoms with Gasteiger partial charge in [0.2, 0.25) is 6.79 Å². The highest BCUT2D eigenvalue weighted by Gasteiger charge is 2.46. The number of benzene rings is 9. The van der Waals surface area contributed by atoms with E-state index in [-0.39, 0.29) is 24.3 Å². The SMILES string of the molecule is Cc1cc2c3c(c1)N(c1ccccc1)c1c(ccc4c1OCO4)B3c1cc(-c3ccc4c(c3)sc3ccccc34)ccc1N2c1cc(-c2ccc(C(C)(C)C)cc2)cc(-c2ccc(C(C)(C)C)cc2)c1. The lowest BCUT2D eigenvalue weighted by Crippen LogP contribution is -2.61. The number of nitrogens with zero attached hydrogens (tertiary/aromatic N) is 2. The fraction of sp³-hybridized carbons (Fsp3) is 0.156. The molecule has 340 valence electrons. The van der Waals surface area contributed by atoms with Crippen molar-refractivity contribution < 1.29 is 9.47 Å². The van der Waals surface area contributed by atoms with Crippen LogP contribution in [-0.4, -0.2) is 13.5 Å². The molecule has 3 aliphatic heterocycles. The molecule has 6 heteroatoms. The molecule has 0 bridgehead atoms. The van der Waals surface area contributed by atoms with E-state index in [4.69, 9.17) is 9.47 Å². The first-order valence-corrected chi connectivity index (χ1v) is 25.3. The van der Waals surface area contributed by atoms with Gasteiger partial charge in [-0.1, -0.05) is 157 Å². The van der Waals surface area contributed by atoms with Gasteiger partial charge in [-0.2, -0.15) is 0 Å². The molecule has 3 aliphatic rings. The zero-order chi connectivity index (χ0) is 47.6.